The van der Waals surface area contributed by atoms with Gasteiger partial charge in [0.2, 0.25) is 0 Å². The normalized spacial score (nSPS) is 18.9. The third-order valence-electron chi connectivity index (χ3n) is 4.37. The average Bonchev–Trinajstić information content (AvgIpc) is 2.46. The van der Waals surface area contributed by atoms with Crippen LogP contribution in [-0.2, 0) is 9.84 Å². The highest BCUT2D eigenvalue weighted by Crippen LogP contribution is 2.15. The minimum absolute atomic E-state index is 0.115. The van der Waals surface area contributed by atoms with Crippen LogP contribution in [0.5, 0.6) is 0 Å². The van der Waals surface area contributed by atoms with Gasteiger partial charge in [-0.1, -0.05) is 13.8 Å². The molecule has 0 unspecified atom stereocenters. The summed E-state index contributed by atoms with van der Waals surface area (Å²) >= 11 is 0. The van der Waals surface area contributed by atoms with E-state index in [2.05, 4.69) is 34.4 Å². The summed E-state index contributed by atoms with van der Waals surface area (Å²) in [6.07, 6.45) is 2.18. The Morgan fingerprint density at radius 3 is 2.29 bits per heavy atom. The number of sulfone groups is 1. The molecule has 6 nitrogen and oxygen atoms in total. The van der Waals surface area contributed by atoms with E-state index in [1.54, 1.807) is 27.8 Å². The summed E-state index contributed by atoms with van der Waals surface area (Å²) in [7, 11) is -1.38. The van der Waals surface area contributed by atoms with Crippen LogP contribution in [0.2, 0.25) is 0 Å². The highest BCUT2D eigenvalue weighted by molar-refractivity contribution is 7.92. The lowest BCUT2D eigenvalue weighted by atomic mass is 10.0. The topological polar surface area (TPSA) is 73.8 Å². The highest BCUT2D eigenvalue weighted by atomic mass is 32.2. The molecule has 24 heavy (non-hydrogen) atoms. The Bertz CT molecular complexity index is 501. The number of guanidine groups is 1. The number of piperidine rings is 1. The fraction of sp³-hybridized carbons (Fsp3) is 0.941. The Labute approximate surface area is 148 Å². The predicted molar refractivity (Wildman–Crippen MR) is 102 cm³/mol. The Balaban J connectivity index is 2.37. The van der Waals surface area contributed by atoms with Crippen molar-refractivity contribution in [3.63, 3.8) is 0 Å². The Kier molecular flexibility index (Phi) is 7.99. The summed E-state index contributed by atoms with van der Waals surface area (Å²) in [5.41, 5.74) is 0. The summed E-state index contributed by atoms with van der Waals surface area (Å²) in [4.78, 5) is 6.73. The summed E-state index contributed by atoms with van der Waals surface area (Å²) in [5.74, 6) is 1.51. The molecule has 142 valence electrons. The first-order chi connectivity index (χ1) is 11.0. The molecule has 0 aromatic heterocycles. The van der Waals surface area contributed by atoms with Crippen molar-refractivity contribution in [3.8, 4) is 0 Å². The third kappa shape index (κ3) is 6.97. The smallest absolute Gasteiger partial charge is 0.191 e. The molecular formula is C17H36N4O2S. The van der Waals surface area contributed by atoms with Crippen LogP contribution >= 0.6 is 0 Å². The van der Waals surface area contributed by atoms with Crippen LogP contribution in [0.25, 0.3) is 0 Å². The van der Waals surface area contributed by atoms with E-state index in [0.29, 0.717) is 24.5 Å². The molecule has 7 heteroatoms. The van der Waals surface area contributed by atoms with Gasteiger partial charge in [0.1, 0.15) is 0 Å². The number of likely N-dealkylation sites (tertiary alicyclic amines) is 1. The van der Waals surface area contributed by atoms with Crippen LogP contribution in [0.3, 0.4) is 0 Å². The number of rotatable bonds is 6. The van der Waals surface area contributed by atoms with Crippen molar-refractivity contribution in [2.45, 2.75) is 58.2 Å². The zero-order chi connectivity index (χ0) is 18.4. The quantitative estimate of drug-likeness (QED) is 0.554. The number of hydrogen-bond acceptors (Lipinski definition) is 4. The van der Waals surface area contributed by atoms with Crippen LogP contribution in [-0.4, -0.2) is 69.0 Å². The Hall–Kier alpha value is -0.820. The summed E-state index contributed by atoms with van der Waals surface area (Å²) in [5, 5.41) is 6.56. The SMILES string of the molecule is CN=C(NCCS(=O)(=O)C(C)(C)C)NC1CCN(CC(C)C)CC1. The maximum absolute atomic E-state index is 12.1. The second kappa shape index (κ2) is 9.04. The van der Waals surface area contributed by atoms with Crippen LogP contribution in [0.4, 0.5) is 0 Å². The van der Waals surface area contributed by atoms with Gasteiger partial charge >= 0.3 is 0 Å². The molecule has 1 aliphatic rings. The molecule has 2 N–H and O–H groups in total. The molecule has 0 saturated carbocycles. The van der Waals surface area contributed by atoms with Gasteiger partial charge in [0.15, 0.2) is 15.8 Å². The Morgan fingerprint density at radius 1 is 1.25 bits per heavy atom. The van der Waals surface area contributed by atoms with Crippen LogP contribution in [0.15, 0.2) is 4.99 Å². The molecule has 0 spiro atoms. The largest absolute Gasteiger partial charge is 0.355 e. The third-order valence-corrected chi connectivity index (χ3v) is 6.98. The van der Waals surface area contributed by atoms with E-state index < -0.39 is 14.6 Å². The van der Waals surface area contributed by atoms with E-state index in [1.165, 1.54) is 0 Å². The van der Waals surface area contributed by atoms with E-state index in [9.17, 15) is 8.42 Å². The molecular weight excluding hydrogens is 324 g/mol. The van der Waals surface area contributed by atoms with Crippen LogP contribution < -0.4 is 10.6 Å². The van der Waals surface area contributed by atoms with Crippen LogP contribution in [0.1, 0.15) is 47.5 Å². The fourth-order valence-corrected chi connectivity index (χ4v) is 3.76. The van der Waals surface area contributed by atoms with Gasteiger partial charge in [0.05, 0.1) is 10.5 Å². The van der Waals surface area contributed by atoms with Gasteiger partial charge in [-0.2, -0.15) is 0 Å². The second-order valence-corrected chi connectivity index (χ2v) is 10.9. The lowest BCUT2D eigenvalue weighted by Gasteiger charge is -2.34. The van der Waals surface area contributed by atoms with Crippen molar-refractivity contribution >= 4 is 15.8 Å². The standard InChI is InChI=1S/C17H36N4O2S/c1-14(2)13-21-10-7-15(8-11-21)20-16(18-6)19-9-12-24(22,23)17(3,4)5/h14-15H,7-13H2,1-6H3,(H2,18,19,20). The average molecular weight is 361 g/mol. The zero-order valence-corrected chi connectivity index (χ0v) is 17.0. The van der Waals surface area contributed by atoms with Gasteiger partial charge in [-0.15, -0.1) is 0 Å². The second-order valence-electron chi connectivity index (χ2n) is 8.04. The lowest BCUT2D eigenvalue weighted by molar-refractivity contribution is 0.187. The molecule has 1 aliphatic heterocycles. The van der Waals surface area contributed by atoms with Gasteiger partial charge in [-0.3, -0.25) is 4.99 Å². The van der Waals surface area contributed by atoms with E-state index >= 15 is 0 Å². The monoisotopic (exact) mass is 360 g/mol. The molecule has 0 bridgehead atoms. The summed E-state index contributed by atoms with van der Waals surface area (Å²) < 4.78 is 23.5. The fourth-order valence-electron chi connectivity index (χ4n) is 2.77. The van der Waals surface area contributed by atoms with Gasteiger partial charge in [-0.25, -0.2) is 8.42 Å². The van der Waals surface area contributed by atoms with Gasteiger partial charge in [0, 0.05) is 39.3 Å². The van der Waals surface area contributed by atoms with E-state index in [4.69, 9.17) is 0 Å². The first-order valence-electron chi connectivity index (χ1n) is 8.97. The van der Waals surface area contributed by atoms with Crippen LogP contribution in [0, 0.1) is 5.92 Å². The zero-order valence-electron chi connectivity index (χ0n) is 16.2. The number of nitrogens with zero attached hydrogens (tertiary/aromatic N) is 2. The van der Waals surface area contributed by atoms with Crippen molar-refractivity contribution in [1.82, 2.24) is 15.5 Å². The summed E-state index contributed by atoms with van der Waals surface area (Å²) in [6, 6.07) is 0.402. The van der Waals surface area contributed by atoms with E-state index in [-0.39, 0.29) is 5.75 Å². The van der Waals surface area contributed by atoms with Gasteiger partial charge in [0.25, 0.3) is 0 Å². The molecule has 0 amide bonds. The van der Waals surface area contributed by atoms with Crippen molar-refractivity contribution < 1.29 is 8.42 Å². The minimum Gasteiger partial charge on any atom is -0.355 e. The predicted octanol–water partition coefficient (Wildman–Crippen LogP) is 1.49. The molecule has 1 fully saturated rings. The van der Waals surface area contributed by atoms with Crippen molar-refractivity contribution in [2.75, 3.05) is 39.0 Å². The Morgan fingerprint density at radius 2 is 1.83 bits per heavy atom. The molecule has 0 aliphatic carbocycles. The number of hydrogen-bond donors (Lipinski definition) is 2. The summed E-state index contributed by atoms with van der Waals surface area (Å²) in [6.45, 7) is 13.5. The molecule has 1 heterocycles. The van der Waals surface area contributed by atoms with Crippen molar-refractivity contribution in [2.24, 2.45) is 10.9 Å². The molecule has 0 aromatic carbocycles. The lowest BCUT2D eigenvalue weighted by Crippen LogP contribution is -2.50. The molecule has 0 atom stereocenters. The molecule has 0 aromatic rings. The molecule has 0 radical (unpaired) electrons. The van der Waals surface area contributed by atoms with Gasteiger partial charge in [-0.05, 0) is 39.5 Å². The maximum atomic E-state index is 12.1. The van der Waals surface area contributed by atoms with Crippen molar-refractivity contribution in [1.29, 1.82) is 0 Å². The van der Waals surface area contributed by atoms with E-state index in [1.807, 2.05) is 0 Å². The molecule has 1 saturated heterocycles. The number of nitrogens with one attached hydrogen (secondary N) is 2. The minimum atomic E-state index is -3.11. The molecule has 1 rings (SSSR count). The highest BCUT2D eigenvalue weighted by Gasteiger charge is 2.28. The van der Waals surface area contributed by atoms with Crippen molar-refractivity contribution in [3.05, 3.63) is 0 Å². The first kappa shape index (κ1) is 21.2. The van der Waals surface area contributed by atoms with E-state index in [0.717, 1.165) is 32.5 Å². The first-order valence-corrected chi connectivity index (χ1v) is 10.6. The number of aliphatic imine (C=N–C) groups is 1. The maximum Gasteiger partial charge on any atom is 0.191 e. The van der Waals surface area contributed by atoms with Gasteiger partial charge < -0.3 is 15.5 Å².